The molecular formula is C11H14N2O3S. The first-order chi connectivity index (χ1) is 8.15. The van der Waals surface area contributed by atoms with E-state index < -0.39 is 12.0 Å². The average molecular weight is 254 g/mol. The Labute approximate surface area is 104 Å². The molecular weight excluding hydrogens is 240 g/mol. The van der Waals surface area contributed by atoms with Crippen molar-refractivity contribution in [3.63, 3.8) is 0 Å². The highest BCUT2D eigenvalue weighted by atomic mass is 32.2. The standard InChI is InChI=1S/C11H14N2O3S/c1-17-7-6-12-11(16)13-9-5-3-2-4-8(9)10(14)15/h2-5H,6-7H2,1H3,(H,14,15)(H2,12,13,16). The van der Waals surface area contributed by atoms with E-state index in [0.29, 0.717) is 12.2 Å². The molecule has 3 N–H and O–H groups in total. The number of hydrogen-bond donors (Lipinski definition) is 3. The van der Waals surface area contributed by atoms with E-state index in [4.69, 9.17) is 5.11 Å². The number of carbonyl (C=O) groups is 2. The van der Waals surface area contributed by atoms with Gasteiger partial charge in [0.2, 0.25) is 0 Å². The molecule has 6 heteroatoms. The van der Waals surface area contributed by atoms with Crippen LogP contribution in [-0.2, 0) is 0 Å². The van der Waals surface area contributed by atoms with Gasteiger partial charge in [-0.3, -0.25) is 0 Å². The molecule has 0 aliphatic carbocycles. The van der Waals surface area contributed by atoms with Gasteiger partial charge in [-0.1, -0.05) is 12.1 Å². The van der Waals surface area contributed by atoms with Gasteiger partial charge in [0.15, 0.2) is 0 Å². The van der Waals surface area contributed by atoms with Crippen molar-refractivity contribution in [2.24, 2.45) is 0 Å². The van der Waals surface area contributed by atoms with Gasteiger partial charge in [-0.05, 0) is 18.4 Å². The molecule has 5 nitrogen and oxygen atoms in total. The van der Waals surface area contributed by atoms with Crippen LogP contribution in [0.2, 0.25) is 0 Å². The molecule has 92 valence electrons. The number of hydrogen-bond acceptors (Lipinski definition) is 3. The molecule has 2 amide bonds. The van der Waals surface area contributed by atoms with Crippen LogP contribution in [0.3, 0.4) is 0 Å². The number of carbonyl (C=O) groups excluding carboxylic acids is 1. The van der Waals surface area contributed by atoms with Crippen molar-refractivity contribution in [2.75, 3.05) is 23.9 Å². The molecule has 0 fully saturated rings. The van der Waals surface area contributed by atoms with Crippen molar-refractivity contribution in [3.8, 4) is 0 Å². The predicted molar refractivity (Wildman–Crippen MR) is 68.8 cm³/mol. The van der Waals surface area contributed by atoms with E-state index in [1.54, 1.807) is 30.0 Å². The largest absolute Gasteiger partial charge is 0.478 e. The molecule has 17 heavy (non-hydrogen) atoms. The Morgan fingerprint density at radius 3 is 2.71 bits per heavy atom. The Kier molecular flexibility index (Phi) is 5.35. The lowest BCUT2D eigenvalue weighted by molar-refractivity contribution is 0.0698. The topological polar surface area (TPSA) is 78.4 Å². The number of carboxylic acid groups (broad SMARTS) is 1. The van der Waals surface area contributed by atoms with E-state index in [2.05, 4.69) is 10.6 Å². The van der Waals surface area contributed by atoms with Gasteiger partial charge in [0.05, 0.1) is 11.3 Å². The Morgan fingerprint density at radius 2 is 2.06 bits per heavy atom. The number of aromatic carboxylic acids is 1. The van der Waals surface area contributed by atoms with Crippen LogP contribution in [0.15, 0.2) is 24.3 Å². The van der Waals surface area contributed by atoms with E-state index in [1.807, 2.05) is 6.26 Å². The highest BCUT2D eigenvalue weighted by Gasteiger charge is 2.10. The number of anilines is 1. The zero-order valence-electron chi connectivity index (χ0n) is 9.40. The summed E-state index contributed by atoms with van der Waals surface area (Å²) in [5.74, 6) is -0.251. The third kappa shape index (κ3) is 4.36. The Morgan fingerprint density at radius 1 is 1.35 bits per heavy atom. The van der Waals surface area contributed by atoms with Gasteiger partial charge >= 0.3 is 12.0 Å². The summed E-state index contributed by atoms with van der Waals surface area (Å²) in [4.78, 5) is 22.3. The number of para-hydroxylation sites is 1. The molecule has 0 aromatic heterocycles. The third-order valence-electron chi connectivity index (χ3n) is 2.00. The molecule has 0 bridgehead atoms. The minimum atomic E-state index is -1.06. The SMILES string of the molecule is CSCCNC(=O)Nc1ccccc1C(=O)O. The first-order valence-electron chi connectivity index (χ1n) is 5.01. The molecule has 0 atom stereocenters. The maximum atomic E-state index is 11.4. The first kappa shape index (κ1) is 13.4. The van der Waals surface area contributed by atoms with Crippen molar-refractivity contribution in [2.45, 2.75) is 0 Å². The molecule has 0 aliphatic rings. The molecule has 1 aromatic carbocycles. The lowest BCUT2D eigenvalue weighted by Gasteiger charge is -2.09. The summed E-state index contributed by atoms with van der Waals surface area (Å²) < 4.78 is 0. The molecule has 0 saturated heterocycles. The number of amides is 2. The van der Waals surface area contributed by atoms with E-state index in [1.165, 1.54) is 6.07 Å². The summed E-state index contributed by atoms with van der Waals surface area (Å²) in [6.07, 6.45) is 1.94. The highest BCUT2D eigenvalue weighted by molar-refractivity contribution is 7.98. The maximum absolute atomic E-state index is 11.4. The zero-order chi connectivity index (χ0) is 12.7. The Balaban J connectivity index is 2.61. The van der Waals surface area contributed by atoms with E-state index in [0.717, 1.165) is 5.75 Å². The lowest BCUT2D eigenvalue weighted by Crippen LogP contribution is -2.31. The summed E-state index contributed by atoms with van der Waals surface area (Å²) in [6.45, 7) is 0.544. The fraction of sp³-hybridized carbons (Fsp3) is 0.273. The van der Waals surface area contributed by atoms with Crippen LogP contribution in [0, 0.1) is 0 Å². The number of thioether (sulfide) groups is 1. The molecule has 0 heterocycles. The number of rotatable bonds is 5. The summed E-state index contributed by atoms with van der Waals surface area (Å²) >= 11 is 1.62. The molecule has 0 unspecified atom stereocenters. The maximum Gasteiger partial charge on any atom is 0.337 e. The van der Waals surface area contributed by atoms with Gasteiger partial charge in [-0.25, -0.2) is 9.59 Å². The number of carboxylic acids is 1. The van der Waals surface area contributed by atoms with Crippen LogP contribution >= 0.6 is 11.8 Å². The minimum absolute atomic E-state index is 0.0764. The molecule has 0 radical (unpaired) electrons. The van der Waals surface area contributed by atoms with Crippen molar-refractivity contribution in [1.29, 1.82) is 0 Å². The van der Waals surface area contributed by atoms with Crippen molar-refractivity contribution < 1.29 is 14.7 Å². The van der Waals surface area contributed by atoms with Gasteiger partial charge in [0.25, 0.3) is 0 Å². The fourth-order valence-corrected chi connectivity index (χ4v) is 1.52. The normalized spacial score (nSPS) is 9.71. The second-order valence-electron chi connectivity index (χ2n) is 3.22. The first-order valence-corrected chi connectivity index (χ1v) is 6.40. The molecule has 0 spiro atoms. The van der Waals surface area contributed by atoms with E-state index in [9.17, 15) is 9.59 Å². The van der Waals surface area contributed by atoms with E-state index >= 15 is 0 Å². The molecule has 0 aliphatic heterocycles. The monoisotopic (exact) mass is 254 g/mol. The number of urea groups is 1. The van der Waals surface area contributed by atoms with Crippen LogP contribution < -0.4 is 10.6 Å². The Bertz CT molecular complexity index is 409. The highest BCUT2D eigenvalue weighted by Crippen LogP contribution is 2.14. The summed E-state index contributed by atoms with van der Waals surface area (Å²) in [5.41, 5.74) is 0.370. The van der Waals surface area contributed by atoms with Crippen LogP contribution in [0.5, 0.6) is 0 Å². The van der Waals surface area contributed by atoms with Gasteiger partial charge in [-0.2, -0.15) is 11.8 Å². The minimum Gasteiger partial charge on any atom is -0.478 e. The summed E-state index contributed by atoms with van der Waals surface area (Å²) in [6, 6.07) is 5.88. The quantitative estimate of drug-likeness (QED) is 0.701. The Hall–Kier alpha value is -1.69. The van der Waals surface area contributed by atoms with Crippen LogP contribution in [0.25, 0.3) is 0 Å². The molecule has 0 saturated carbocycles. The van der Waals surface area contributed by atoms with Crippen molar-refractivity contribution in [1.82, 2.24) is 5.32 Å². The second-order valence-corrected chi connectivity index (χ2v) is 4.21. The number of nitrogens with one attached hydrogen (secondary N) is 2. The number of benzene rings is 1. The van der Waals surface area contributed by atoms with Gasteiger partial charge in [0.1, 0.15) is 0 Å². The van der Waals surface area contributed by atoms with Crippen molar-refractivity contribution in [3.05, 3.63) is 29.8 Å². The van der Waals surface area contributed by atoms with Crippen molar-refractivity contribution >= 4 is 29.4 Å². The van der Waals surface area contributed by atoms with Gasteiger partial charge in [-0.15, -0.1) is 0 Å². The van der Waals surface area contributed by atoms with Crippen LogP contribution in [-0.4, -0.2) is 35.7 Å². The van der Waals surface area contributed by atoms with Gasteiger partial charge in [0, 0.05) is 12.3 Å². The van der Waals surface area contributed by atoms with E-state index in [-0.39, 0.29) is 5.56 Å². The molecule has 1 aromatic rings. The summed E-state index contributed by atoms with van der Waals surface area (Å²) in [7, 11) is 0. The van der Waals surface area contributed by atoms with Crippen LogP contribution in [0.4, 0.5) is 10.5 Å². The van der Waals surface area contributed by atoms with Crippen LogP contribution in [0.1, 0.15) is 10.4 Å². The smallest absolute Gasteiger partial charge is 0.337 e. The predicted octanol–water partition coefficient (Wildman–Crippen LogP) is 1.87. The van der Waals surface area contributed by atoms with Gasteiger partial charge < -0.3 is 15.7 Å². The second kappa shape index (κ2) is 6.80. The third-order valence-corrected chi connectivity index (χ3v) is 2.61. The average Bonchev–Trinajstić information content (AvgIpc) is 2.29. The fourth-order valence-electron chi connectivity index (χ4n) is 1.21. The zero-order valence-corrected chi connectivity index (χ0v) is 10.2. The lowest BCUT2D eigenvalue weighted by atomic mass is 10.2. The summed E-state index contributed by atoms with van der Waals surface area (Å²) in [5, 5.41) is 14.1. The molecule has 1 rings (SSSR count).